The highest BCUT2D eigenvalue weighted by molar-refractivity contribution is 7.09. The minimum Gasteiger partial charge on any atom is -0.491 e. The zero-order valence-electron chi connectivity index (χ0n) is 12.3. The largest absolute Gasteiger partial charge is 0.491 e. The van der Waals surface area contributed by atoms with Crippen LogP contribution in [0.25, 0.3) is 0 Å². The van der Waals surface area contributed by atoms with Gasteiger partial charge in [-0.05, 0) is 19.1 Å². The number of carbonyl (C=O) groups is 1. The van der Waals surface area contributed by atoms with Crippen LogP contribution in [0.5, 0.6) is 5.75 Å². The average Bonchev–Trinajstić information content (AvgIpc) is 2.95. The van der Waals surface area contributed by atoms with Crippen molar-refractivity contribution < 1.29 is 14.6 Å². The summed E-state index contributed by atoms with van der Waals surface area (Å²) in [4.78, 5) is 15.9. The lowest BCUT2D eigenvalue weighted by Crippen LogP contribution is -2.41. The van der Waals surface area contributed by atoms with E-state index in [0.29, 0.717) is 12.3 Å². The Morgan fingerprint density at radius 3 is 2.82 bits per heavy atom. The molecule has 0 fully saturated rings. The van der Waals surface area contributed by atoms with E-state index in [2.05, 4.69) is 15.6 Å². The number of hydrogen-bond acceptors (Lipinski definition) is 5. The van der Waals surface area contributed by atoms with Crippen molar-refractivity contribution >= 4 is 17.4 Å². The summed E-state index contributed by atoms with van der Waals surface area (Å²) in [6.45, 7) is 2.52. The van der Waals surface area contributed by atoms with Gasteiger partial charge in [0.1, 0.15) is 23.5 Å². The van der Waals surface area contributed by atoms with Gasteiger partial charge in [-0.25, -0.2) is 9.78 Å². The lowest BCUT2D eigenvalue weighted by molar-refractivity contribution is 0.108. The van der Waals surface area contributed by atoms with Gasteiger partial charge in [0.2, 0.25) is 0 Å². The number of aromatic nitrogens is 1. The van der Waals surface area contributed by atoms with Gasteiger partial charge in [-0.1, -0.05) is 18.2 Å². The molecule has 2 amide bonds. The van der Waals surface area contributed by atoms with Crippen molar-refractivity contribution in [1.29, 1.82) is 0 Å². The Morgan fingerprint density at radius 2 is 2.14 bits per heavy atom. The Bertz CT molecular complexity index is 589. The normalized spacial score (nSPS) is 11.7. The predicted octanol–water partition coefficient (Wildman–Crippen LogP) is 1.69. The zero-order valence-corrected chi connectivity index (χ0v) is 13.1. The van der Waals surface area contributed by atoms with Gasteiger partial charge in [-0.2, -0.15) is 0 Å². The van der Waals surface area contributed by atoms with Crippen LogP contribution in [0.1, 0.15) is 10.7 Å². The number of benzene rings is 1. The van der Waals surface area contributed by atoms with E-state index in [1.807, 2.05) is 42.6 Å². The number of para-hydroxylation sites is 1. The molecule has 6 nitrogen and oxygen atoms in total. The fourth-order valence-electron chi connectivity index (χ4n) is 1.68. The zero-order chi connectivity index (χ0) is 15.8. The molecule has 0 spiro atoms. The maximum Gasteiger partial charge on any atom is 0.315 e. The number of ether oxygens (including phenoxy) is 1. The Morgan fingerprint density at radius 1 is 1.36 bits per heavy atom. The molecule has 7 heteroatoms. The number of carbonyl (C=O) groups excluding carboxylic acids is 1. The Balaban J connectivity index is 1.61. The van der Waals surface area contributed by atoms with Crippen molar-refractivity contribution in [1.82, 2.24) is 15.6 Å². The molecular formula is C15H19N3O3S. The van der Waals surface area contributed by atoms with Crippen molar-refractivity contribution in [2.24, 2.45) is 0 Å². The van der Waals surface area contributed by atoms with Gasteiger partial charge in [0.25, 0.3) is 0 Å². The number of rotatable bonds is 7. The summed E-state index contributed by atoms with van der Waals surface area (Å²) >= 11 is 1.50. The molecule has 22 heavy (non-hydrogen) atoms. The molecule has 0 aliphatic heterocycles. The van der Waals surface area contributed by atoms with Gasteiger partial charge in [-0.15, -0.1) is 11.3 Å². The summed E-state index contributed by atoms with van der Waals surface area (Å²) in [7, 11) is 0. The molecule has 0 aliphatic rings. The van der Waals surface area contributed by atoms with Gasteiger partial charge in [0.05, 0.1) is 6.54 Å². The van der Waals surface area contributed by atoms with Gasteiger partial charge in [-0.3, -0.25) is 0 Å². The minimum atomic E-state index is -0.770. The van der Waals surface area contributed by atoms with Crippen LogP contribution in [0.4, 0.5) is 4.79 Å². The number of hydrogen-bond donors (Lipinski definition) is 3. The highest BCUT2D eigenvalue weighted by Crippen LogP contribution is 2.08. The van der Waals surface area contributed by atoms with Crippen LogP contribution in [0.15, 0.2) is 35.7 Å². The van der Waals surface area contributed by atoms with Crippen LogP contribution in [-0.4, -0.2) is 35.4 Å². The van der Waals surface area contributed by atoms with E-state index in [1.165, 1.54) is 11.3 Å². The van der Waals surface area contributed by atoms with Crippen molar-refractivity contribution in [2.75, 3.05) is 13.2 Å². The molecule has 3 N–H and O–H groups in total. The molecule has 1 aromatic heterocycles. The van der Waals surface area contributed by atoms with Crippen LogP contribution in [0, 0.1) is 6.92 Å². The number of amides is 2. The molecular weight excluding hydrogens is 302 g/mol. The summed E-state index contributed by atoms with van der Waals surface area (Å²) < 4.78 is 5.40. The van der Waals surface area contributed by atoms with Crippen LogP contribution in [-0.2, 0) is 6.54 Å². The van der Waals surface area contributed by atoms with Crippen molar-refractivity contribution in [3.8, 4) is 5.75 Å². The van der Waals surface area contributed by atoms with Crippen LogP contribution >= 0.6 is 11.3 Å². The maximum absolute atomic E-state index is 11.6. The number of nitrogens with one attached hydrogen (secondary N) is 2. The van der Waals surface area contributed by atoms with E-state index >= 15 is 0 Å². The number of nitrogens with zero attached hydrogens (tertiary/aromatic N) is 1. The third-order valence-electron chi connectivity index (χ3n) is 2.75. The molecule has 0 unspecified atom stereocenters. The van der Waals surface area contributed by atoms with Crippen LogP contribution in [0.2, 0.25) is 0 Å². The second-order valence-corrected chi connectivity index (χ2v) is 5.67. The first-order valence-corrected chi connectivity index (χ1v) is 7.80. The quantitative estimate of drug-likeness (QED) is 0.725. The summed E-state index contributed by atoms with van der Waals surface area (Å²) in [5.74, 6) is 0.685. The summed E-state index contributed by atoms with van der Waals surface area (Å²) in [6, 6.07) is 8.87. The number of aliphatic hydroxyl groups is 1. The topological polar surface area (TPSA) is 83.5 Å². The van der Waals surface area contributed by atoms with Gasteiger partial charge in [0, 0.05) is 17.6 Å². The Hall–Kier alpha value is -2.12. The smallest absolute Gasteiger partial charge is 0.315 e. The third kappa shape index (κ3) is 5.71. The first-order chi connectivity index (χ1) is 10.6. The molecule has 0 saturated carbocycles. The van der Waals surface area contributed by atoms with Crippen molar-refractivity contribution in [3.63, 3.8) is 0 Å². The first-order valence-electron chi connectivity index (χ1n) is 6.92. The lowest BCUT2D eigenvalue weighted by Gasteiger charge is -2.13. The van der Waals surface area contributed by atoms with E-state index in [-0.39, 0.29) is 19.2 Å². The van der Waals surface area contributed by atoms with Gasteiger partial charge < -0.3 is 20.5 Å². The molecule has 0 saturated heterocycles. The molecule has 0 bridgehead atoms. The van der Waals surface area contributed by atoms with Crippen molar-refractivity contribution in [3.05, 3.63) is 46.4 Å². The predicted molar refractivity (Wildman–Crippen MR) is 85.0 cm³/mol. The molecule has 1 aromatic carbocycles. The first kappa shape index (κ1) is 16.3. The second-order valence-electron chi connectivity index (χ2n) is 4.72. The summed E-state index contributed by atoms with van der Waals surface area (Å²) in [5, 5.41) is 17.8. The highest BCUT2D eigenvalue weighted by atomic mass is 32.1. The third-order valence-corrected chi connectivity index (χ3v) is 3.72. The average molecular weight is 321 g/mol. The van der Waals surface area contributed by atoms with E-state index in [9.17, 15) is 9.90 Å². The lowest BCUT2D eigenvalue weighted by atomic mass is 10.3. The number of thiazole rings is 1. The van der Waals surface area contributed by atoms with E-state index in [4.69, 9.17) is 4.74 Å². The standard InChI is InChI=1S/C15H19N3O3S/c1-11-10-22-14(18-11)8-17-15(20)16-7-12(19)9-21-13-5-3-2-4-6-13/h2-6,10,12,19H,7-9H2,1H3,(H2,16,17,20)/t12-/m1/s1. The molecule has 1 atom stereocenters. The summed E-state index contributed by atoms with van der Waals surface area (Å²) in [6.07, 6.45) is -0.770. The summed E-state index contributed by atoms with van der Waals surface area (Å²) in [5.41, 5.74) is 0.940. The number of urea groups is 1. The molecule has 2 rings (SSSR count). The van der Waals surface area contributed by atoms with E-state index < -0.39 is 6.10 Å². The maximum atomic E-state index is 11.6. The number of aryl methyl sites for hydroxylation is 1. The highest BCUT2D eigenvalue weighted by Gasteiger charge is 2.08. The van der Waals surface area contributed by atoms with E-state index in [0.717, 1.165) is 10.7 Å². The SMILES string of the molecule is Cc1csc(CNC(=O)NC[C@@H](O)COc2ccccc2)n1. The molecule has 2 aromatic rings. The van der Waals surface area contributed by atoms with E-state index in [1.54, 1.807) is 0 Å². The minimum absolute atomic E-state index is 0.121. The second kappa shape index (κ2) is 8.35. The fraction of sp³-hybridized carbons (Fsp3) is 0.333. The molecule has 1 heterocycles. The van der Waals surface area contributed by atoms with Gasteiger partial charge >= 0.3 is 6.03 Å². The molecule has 118 valence electrons. The monoisotopic (exact) mass is 321 g/mol. The van der Waals surface area contributed by atoms with Gasteiger partial charge in [0.15, 0.2) is 0 Å². The Labute approximate surface area is 133 Å². The molecule has 0 radical (unpaired) electrons. The molecule has 0 aliphatic carbocycles. The Kier molecular flexibility index (Phi) is 6.17. The fourth-order valence-corrected chi connectivity index (χ4v) is 2.39. The van der Waals surface area contributed by atoms with Crippen LogP contribution in [0.3, 0.4) is 0 Å². The van der Waals surface area contributed by atoms with Crippen LogP contribution < -0.4 is 15.4 Å². The number of aliphatic hydroxyl groups excluding tert-OH is 1. The van der Waals surface area contributed by atoms with Crippen molar-refractivity contribution in [2.45, 2.75) is 19.6 Å².